The van der Waals surface area contributed by atoms with Crippen LogP contribution in [0.25, 0.3) is 0 Å². The van der Waals surface area contributed by atoms with Gasteiger partial charge in [0.15, 0.2) is 0 Å². The summed E-state index contributed by atoms with van der Waals surface area (Å²) in [7, 11) is -2.11. The van der Waals surface area contributed by atoms with Crippen LogP contribution < -0.4 is 4.31 Å². The zero-order chi connectivity index (χ0) is 22.9. The van der Waals surface area contributed by atoms with Gasteiger partial charge in [0, 0.05) is 37.8 Å². The molecule has 32 heavy (non-hydrogen) atoms. The molecule has 172 valence electrons. The lowest BCUT2D eigenvalue weighted by molar-refractivity contribution is 0.0554. The first-order valence-corrected chi connectivity index (χ1v) is 13.0. The first kappa shape index (κ1) is 22.8. The Balaban J connectivity index is 1.50. The van der Waals surface area contributed by atoms with Gasteiger partial charge in [-0.05, 0) is 75.5 Å². The van der Waals surface area contributed by atoms with Crippen LogP contribution in [0.1, 0.15) is 48.5 Å². The van der Waals surface area contributed by atoms with Gasteiger partial charge >= 0.3 is 0 Å². The van der Waals surface area contributed by atoms with Crippen LogP contribution in [0.3, 0.4) is 0 Å². The Morgan fingerprint density at radius 1 is 0.938 bits per heavy atom. The third-order valence-corrected chi connectivity index (χ3v) is 8.53. The van der Waals surface area contributed by atoms with Crippen LogP contribution in [0.4, 0.5) is 5.69 Å². The van der Waals surface area contributed by atoms with Crippen LogP contribution >= 0.6 is 0 Å². The Morgan fingerprint density at radius 2 is 1.50 bits per heavy atom. The van der Waals surface area contributed by atoms with Crippen LogP contribution in [0, 0.1) is 6.92 Å². The number of aryl methyl sites for hydroxylation is 1. The van der Waals surface area contributed by atoms with Crippen molar-refractivity contribution in [2.45, 2.75) is 56.5 Å². The number of rotatable bonds is 7. The molecule has 0 unspecified atom stereocenters. The summed E-state index contributed by atoms with van der Waals surface area (Å²) in [5, 5.41) is 0. The van der Waals surface area contributed by atoms with Crippen molar-refractivity contribution in [2.75, 3.05) is 31.0 Å². The highest BCUT2D eigenvalue weighted by Crippen LogP contribution is 2.33. The zero-order valence-electron chi connectivity index (χ0n) is 19.2. The predicted molar refractivity (Wildman–Crippen MR) is 128 cm³/mol. The van der Waals surface area contributed by atoms with Crippen LogP contribution in [0.15, 0.2) is 53.4 Å². The highest BCUT2D eigenvalue weighted by molar-refractivity contribution is 7.92. The topological polar surface area (TPSA) is 60.9 Å². The number of carbonyl (C=O) groups is 1. The molecule has 0 N–H and O–H groups in total. The molecule has 1 amide bonds. The molecule has 1 aliphatic carbocycles. The monoisotopic (exact) mass is 455 g/mol. The smallest absolute Gasteiger partial charge is 0.264 e. The molecule has 7 heteroatoms. The minimum absolute atomic E-state index is 0.0676. The van der Waals surface area contributed by atoms with E-state index >= 15 is 0 Å². The molecule has 2 aromatic rings. The average Bonchev–Trinajstić information content (AvgIpc) is 3.64. The summed E-state index contributed by atoms with van der Waals surface area (Å²) in [6.45, 7) is 7.25. The zero-order valence-corrected chi connectivity index (χ0v) is 20.0. The quantitative estimate of drug-likeness (QED) is 0.635. The molecule has 2 fully saturated rings. The first-order chi connectivity index (χ1) is 15.3. The summed E-state index contributed by atoms with van der Waals surface area (Å²) >= 11 is 0. The van der Waals surface area contributed by atoms with E-state index in [1.54, 1.807) is 55.6 Å². The van der Waals surface area contributed by atoms with Crippen molar-refractivity contribution in [3.05, 3.63) is 59.7 Å². The fourth-order valence-corrected chi connectivity index (χ4v) is 5.66. The SMILES string of the molecule is CCN1CCC(N(C(=O)c2ccc(N(C)S(=O)(=O)c3ccc(C)cc3)cc2)C2CC2)CC1. The molecule has 1 saturated heterocycles. The fraction of sp³-hybridized carbons (Fsp3) is 0.480. The number of anilines is 1. The van der Waals surface area contributed by atoms with E-state index in [1.807, 2.05) is 6.92 Å². The molecule has 4 rings (SSSR count). The summed E-state index contributed by atoms with van der Waals surface area (Å²) in [5.41, 5.74) is 2.17. The van der Waals surface area contributed by atoms with Crippen molar-refractivity contribution in [3.8, 4) is 0 Å². The highest BCUT2D eigenvalue weighted by Gasteiger charge is 2.38. The Bertz CT molecular complexity index is 1040. The highest BCUT2D eigenvalue weighted by atomic mass is 32.2. The fourth-order valence-electron chi connectivity index (χ4n) is 4.47. The number of amides is 1. The summed E-state index contributed by atoms with van der Waals surface area (Å²) in [6, 6.07) is 14.4. The molecule has 6 nitrogen and oxygen atoms in total. The lowest BCUT2D eigenvalue weighted by atomic mass is 10.0. The number of benzene rings is 2. The molecule has 0 radical (unpaired) electrons. The van der Waals surface area contributed by atoms with Crippen LogP contribution in [0.5, 0.6) is 0 Å². The number of sulfonamides is 1. The minimum Gasteiger partial charge on any atom is -0.333 e. The second kappa shape index (κ2) is 9.24. The Labute approximate surface area is 191 Å². The molecule has 0 atom stereocenters. The summed E-state index contributed by atoms with van der Waals surface area (Å²) in [4.78, 5) is 18.2. The summed E-state index contributed by atoms with van der Waals surface area (Å²) in [6.07, 6.45) is 4.20. The predicted octanol–water partition coefficient (Wildman–Crippen LogP) is 3.91. The summed E-state index contributed by atoms with van der Waals surface area (Å²) < 4.78 is 27.2. The number of hydrogen-bond donors (Lipinski definition) is 0. The van der Waals surface area contributed by atoms with Gasteiger partial charge in [0.2, 0.25) is 0 Å². The molecule has 0 spiro atoms. The third kappa shape index (κ3) is 4.69. The van der Waals surface area contributed by atoms with Crippen molar-refractivity contribution in [3.63, 3.8) is 0 Å². The Morgan fingerprint density at radius 3 is 2.03 bits per heavy atom. The number of hydrogen-bond acceptors (Lipinski definition) is 4. The molecule has 0 bridgehead atoms. The van der Waals surface area contributed by atoms with Crippen LogP contribution in [0.2, 0.25) is 0 Å². The molecule has 2 aliphatic rings. The van der Waals surface area contributed by atoms with Gasteiger partial charge in [-0.1, -0.05) is 24.6 Å². The summed E-state index contributed by atoms with van der Waals surface area (Å²) in [5.74, 6) is 0.0676. The number of likely N-dealkylation sites (tertiary alicyclic amines) is 1. The van der Waals surface area contributed by atoms with Crippen LogP contribution in [-0.2, 0) is 10.0 Å². The third-order valence-electron chi connectivity index (χ3n) is 6.73. The van der Waals surface area contributed by atoms with Gasteiger partial charge in [0.05, 0.1) is 10.6 Å². The standard InChI is InChI=1S/C25H33N3O3S/c1-4-27-17-15-23(16-18-27)28(22-11-12-22)25(29)20-7-9-21(10-8-20)26(3)32(30,31)24-13-5-19(2)6-14-24/h5-10,13-14,22-23H,4,11-12,15-18H2,1-3H3. The van der Waals surface area contributed by atoms with E-state index in [9.17, 15) is 13.2 Å². The van der Waals surface area contributed by atoms with Crippen molar-refractivity contribution in [1.82, 2.24) is 9.80 Å². The van der Waals surface area contributed by atoms with Crippen molar-refractivity contribution < 1.29 is 13.2 Å². The normalized spacial score (nSPS) is 17.8. The van der Waals surface area contributed by atoms with Gasteiger partial charge < -0.3 is 9.80 Å². The molecular weight excluding hydrogens is 422 g/mol. The maximum Gasteiger partial charge on any atom is 0.264 e. The van der Waals surface area contributed by atoms with Gasteiger partial charge in [-0.15, -0.1) is 0 Å². The van der Waals surface area contributed by atoms with Crippen molar-refractivity contribution >= 4 is 21.6 Å². The van der Waals surface area contributed by atoms with Gasteiger partial charge in [0.1, 0.15) is 0 Å². The Hall–Kier alpha value is -2.38. The first-order valence-electron chi connectivity index (χ1n) is 11.5. The molecule has 1 saturated carbocycles. The molecular formula is C25H33N3O3S. The van der Waals surface area contributed by atoms with E-state index < -0.39 is 10.0 Å². The van der Waals surface area contributed by atoms with Crippen molar-refractivity contribution in [2.24, 2.45) is 0 Å². The van der Waals surface area contributed by atoms with E-state index in [-0.39, 0.29) is 10.8 Å². The molecule has 1 heterocycles. The lowest BCUT2D eigenvalue weighted by Crippen LogP contribution is -2.48. The lowest BCUT2D eigenvalue weighted by Gasteiger charge is -2.38. The maximum absolute atomic E-state index is 13.4. The maximum atomic E-state index is 13.4. The van der Waals surface area contributed by atoms with Gasteiger partial charge in [0.25, 0.3) is 15.9 Å². The number of nitrogens with zero attached hydrogens (tertiary/aromatic N) is 3. The minimum atomic E-state index is -3.65. The van der Waals surface area contributed by atoms with Gasteiger partial charge in [-0.3, -0.25) is 9.10 Å². The van der Waals surface area contributed by atoms with Gasteiger partial charge in [-0.25, -0.2) is 8.42 Å². The Kier molecular flexibility index (Phi) is 6.58. The number of carbonyl (C=O) groups excluding carboxylic acids is 1. The van der Waals surface area contributed by atoms with E-state index in [1.165, 1.54) is 4.31 Å². The average molecular weight is 456 g/mol. The van der Waals surface area contributed by atoms with Gasteiger partial charge in [-0.2, -0.15) is 0 Å². The van der Waals surface area contributed by atoms with E-state index in [0.717, 1.165) is 50.9 Å². The molecule has 2 aromatic carbocycles. The largest absolute Gasteiger partial charge is 0.333 e. The number of piperidine rings is 1. The second-order valence-electron chi connectivity index (χ2n) is 8.94. The van der Waals surface area contributed by atoms with E-state index in [0.29, 0.717) is 23.3 Å². The van der Waals surface area contributed by atoms with Crippen LogP contribution in [-0.4, -0.2) is 62.9 Å². The molecule has 1 aliphatic heterocycles. The van der Waals surface area contributed by atoms with E-state index in [2.05, 4.69) is 16.7 Å². The molecule has 0 aromatic heterocycles. The van der Waals surface area contributed by atoms with Crippen molar-refractivity contribution in [1.29, 1.82) is 0 Å². The second-order valence-corrected chi connectivity index (χ2v) is 10.9. The van der Waals surface area contributed by atoms with E-state index in [4.69, 9.17) is 0 Å².